The van der Waals surface area contributed by atoms with Crippen LogP contribution in [0.25, 0.3) is 0 Å². The Morgan fingerprint density at radius 1 is 1.20 bits per heavy atom. The molecule has 0 aliphatic heterocycles. The standard InChI is InChI=1S/C13H9Cl3O4/c1-6-7(2-12(20-6)13(17)18)5-19-11-4-9(15)8(14)3-10(11)16/h2-4H,5H2,1H3,(H,17,18). The fourth-order valence-electron chi connectivity index (χ4n) is 1.54. The van der Waals surface area contributed by atoms with Gasteiger partial charge in [0.2, 0.25) is 5.76 Å². The van der Waals surface area contributed by atoms with Crippen LogP contribution in [0.4, 0.5) is 0 Å². The first-order valence-electron chi connectivity index (χ1n) is 5.48. The number of aryl methyl sites for hydroxylation is 1. The average molecular weight is 336 g/mol. The molecule has 2 rings (SSSR count). The van der Waals surface area contributed by atoms with Crippen LogP contribution in [0.2, 0.25) is 15.1 Å². The Hall–Kier alpha value is -1.36. The van der Waals surface area contributed by atoms with Crippen molar-refractivity contribution < 1.29 is 19.1 Å². The van der Waals surface area contributed by atoms with E-state index in [1.807, 2.05) is 0 Å². The summed E-state index contributed by atoms with van der Waals surface area (Å²) in [6.45, 7) is 1.77. The molecule has 0 atom stereocenters. The second-order valence-electron chi connectivity index (χ2n) is 3.98. The zero-order valence-corrected chi connectivity index (χ0v) is 12.5. The fourth-order valence-corrected chi connectivity index (χ4v) is 2.13. The van der Waals surface area contributed by atoms with E-state index in [-0.39, 0.29) is 12.4 Å². The van der Waals surface area contributed by atoms with Crippen molar-refractivity contribution in [3.05, 3.63) is 50.4 Å². The maximum Gasteiger partial charge on any atom is 0.371 e. The molecular weight excluding hydrogens is 326 g/mol. The maximum atomic E-state index is 10.8. The van der Waals surface area contributed by atoms with Gasteiger partial charge >= 0.3 is 5.97 Å². The fraction of sp³-hybridized carbons (Fsp3) is 0.154. The number of carbonyl (C=O) groups is 1. The highest BCUT2D eigenvalue weighted by Crippen LogP contribution is 2.34. The number of carboxylic acid groups (broad SMARTS) is 1. The van der Waals surface area contributed by atoms with Crippen molar-refractivity contribution in [2.75, 3.05) is 0 Å². The third-order valence-corrected chi connectivity index (χ3v) is 3.61. The van der Waals surface area contributed by atoms with E-state index in [1.54, 1.807) is 6.92 Å². The molecule has 0 unspecified atom stereocenters. The molecular formula is C13H9Cl3O4. The van der Waals surface area contributed by atoms with E-state index >= 15 is 0 Å². The summed E-state index contributed by atoms with van der Waals surface area (Å²) in [6, 6.07) is 4.38. The molecule has 106 valence electrons. The Balaban J connectivity index is 2.17. The van der Waals surface area contributed by atoms with E-state index in [4.69, 9.17) is 49.1 Å². The Kier molecular flexibility index (Phi) is 4.48. The second-order valence-corrected chi connectivity index (χ2v) is 5.20. The Bertz CT molecular complexity index is 664. The lowest BCUT2D eigenvalue weighted by molar-refractivity contribution is 0.0661. The van der Waals surface area contributed by atoms with Gasteiger partial charge in [0.15, 0.2) is 0 Å². The molecule has 0 bridgehead atoms. The number of carboxylic acids is 1. The first-order chi connectivity index (χ1) is 9.38. The van der Waals surface area contributed by atoms with E-state index in [1.165, 1.54) is 18.2 Å². The third kappa shape index (κ3) is 3.20. The van der Waals surface area contributed by atoms with Crippen molar-refractivity contribution in [2.45, 2.75) is 13.5 Å². The smallest absolute Gasteiger partial charge is 0.371 e. The lowest BCUT2D eigenvalue weighted by Crippen LogP contribution is -1.97. The van der Waals surface area contributed by atoms with Crippen molar-refractivity contribution in [2.24, 2.45) is 0 Å². The molecule has 1 aromatic carbocycles. The topological polar surface area (TPSA) is 59.7 Å². The zero-order valence-electron chi connectivity index (χ0n) is 10.2. The molecule has 1 heterocycles. The molecule has 0 aliphatic rings. The van der Waals surface area contributed by atoms with Gasteiger partial charge in [0, 0.05) is 11.6 Å². The van der Waals surface area contributed by atoms with Crippen LogP contribution in [0.15, 0.2) is 22.6 Å². The Morgan fingerprint density at radius 3 is 2.45 bits per heavy atom. The Labute approximate surface area is 129 Å². The molecule has 1 aromatic heterocycles. The van der Waals surface area contributed by atoms with Gasteiger partial charge in [-0.3, -0.25) is 0 Å². The molecule has 0 aliphatic carbocycles. The number of benzene rings is 1. The number of hydrogen-bond acceptors (Lipinski definition) is 3. The summed E-state index contributed by atoms with van der Waals surface area (Å²) >= 11 is 17.7. The molecule has 2 aromatic rings. The molecule has 0 fully saturated rings. The summed E-state index contributed by atoms with van der Waals surface area (Å²) in [5.41, 5.74) is 0.615. The van der Waals surface area contributed by atoms with E-state index in [2.05, 4.69) is 0 Å². The molecule has 0 saturated heterocycles. The van der Waals surface area contributed by atoms with Gasteiger partial charge in [-0.05, 0) is 19.1 Å². The van der Waals surface area contributed by atoms with Gasteiger partial charge in [-0.1, -0.05) is 34.8 Å². The summed E-state index contributed by atoms with van der Waals surface area (Å²) in [4.78, 5) is 10.8. The highest BCUT2D eigenvalue weighted by molar-refractivity contribution is 6.43. The monoisotopic (exact) mass is 334 g/mol. The lowest BCUT2D eigenvalue weighted by Gasteiger charge is -2.08. The SMILES string of the molecule is Cc1oc(C(=O)O)cc1COc1cc(Cl)c(Cl)cc1Cl. The number of halogens is 3. The van der Waals surface area contributed by atoms with Crippen LogP contribution in [-0.4, -0.2) is 11.1 Å². The van der Waals surface area contributed by atoms with Crippen LogP contribution >= 0.6 is 34.8 Å². The first kappa shape index (κ1) is 15.0. The summed E-state index contributed by atoms with van der Waals surface area (Å²) < 4.78 is 10.6. The van der Waals surface area contributed by atoms with Crippen LogP contribution in [0, 0.1) is 6.92 Å². The van der Waals surface area contributed by atoms with Crippen molar-refractivity contribution in [1.82, 2.24) is 0 Å². The van der Waals surface area contributed by atoms with Crippen LogP contribution < -0.4 is 4.74 Å². The number of aromatic carboxylic acids is 1. The minimum atomic E-state index is -1.13. The zero-order chi connectivity index (χ0) is 14.9. The summed E-state index contributed by atoms with van der Waals surface area (Å²) in [6.07, 6.45) is 0. The van der Waals surface area contributed by atoms with Crippen molar-refractivity contribution in [1.29, 1.82) is 0 Å². The molecule has 20 heavy (non-hydrogen) atoms. The second kappa shape index (κ2) is 5.95. The van der Waals surface area contributed by atoms with E-state index < -0.39 is 5.97 Å². The molecule has 0 amide bonds. The van der Waals surface area contributed by atoms with Crippen LogP contribution in [0.5, 0.6) is 5.75 Å². The summed E-state index contributed by atoms with van der Waals surface area (Å²) in [7, 11) is 0. The van der Waals surface area contributed by atoms with Gasteiger partial charge in [-0.2, -0.15) is 0 Å². The van der Waals surface area contributed by atoms with Gasteiger partial charge in [0.05, 0.1) is 15.1 Å². The van der Waals surface area contributed by atoms with Gasteiger partial charge in [0.1, 0.15) is 18.1 Å². The highest BCUT2D eigenvalue weighted by atomic mass is 35.5. The van der Waals surface area contributed by atoms with Crippen LogP contribution in [0.3, 0.4) is 0 Å². The molecule has 0 saturated carbocycles. The van der Waals surface area contributed by atoms with E-state index in [0.29, 0.717) is 32.1 Å². The Morgan fingerprint density at radius 2 is 1.85 bits per heavy atom. The van der Waals surface area contributed by atoms with Gasteiger partial charge < -0.3 is 14.3 Å². The van der Waals surface area contributed by atoms with E-state index in [0.717, 1.165) is 0 Å². The summed E-state index contributed by atoms with van der Waals surface area (Å²) in [5.74, 6) is -0.439. The largest absolute Gasteiger partial charge is 0.487 e. The lowest BCUT2D eigenvalue weighted by atomic mass is 10.2. The normalized spacial score (nSPS) is 10.6. The van der Waals surface area contributed by atoms with Crippen molar-refractivity contribution in [3.8, 4) is 5.75 Å². The predicted molar refractivity (Wildman–Crippen MR) is 76.2 cm³/mol. The first-order valence-corrected chi connectivity index (χ1v) is 6.62. The van der Waals surface area contributed by atoms with Gasteiger partial charge in [-0.25, -0.2) is 4.79 Å². The van der Waals surface area contributed by atoms with Crippen molar-refractivity contribution in [3.63, 3.8) is 0 Å². The molecule has 1 N–H and O–H groups in total. The predicted octanol–water partition coefficient (Wildman–Crippen LogP) is 4.83. The molecule has 7 heteroatoms. The average Bonchev–Trinajstić information content (AvgIpc) is 2.74. The van der Waals surface area contributed by atoms with Crippen molar-refractivity contribution >= 4 is 40.8 Å². The van der Waals surface area contributed by atoms with Crippen LogP contribution in [-0.2, 0) is 6.61 Å². The quantitative estimate of drug-likeness (QED) is 0.813. The molecule has 0 spiro atoms. The number of furan rings is 1. The number of rotatable bonds is 4. The van der Waals surface area contributed by atoms with E-state index in [9.17, 15) is 4.79 Å². The van der Waals surface area contributed by atoms with Gasteiger partial charge in [0.25, 0.3) is 0 Å². The third-order valence-electron chi connectivity index (χ3n) is 2.59. The minimum Gasteiger partial charge on any atom is -0.487 e. The number of ether oxygens (including phenoxy) is 1. The van der Waals surface area contributed by atoms with Gasteiger partial charge in [-0.15, -0.1) is 0 Å². The minimum absolute atomic E-state index is 0.111. The summed E-state index contributed by atoms with van der Waals surface area (Å²) in [5, 5.41) is 9.80. The highest BCUT2D eigenvalue weighted by Gasteiger charge is 2.14. The number of hydrogen-bond donors (Lipinski definition) is 1. The van der Waals surface area contributed by atoms with Crippen LogP contribution in [0.1, 0.15) is 21.9 Å². The molecule has 0 radical (unpaired) electrons. The maximum absolute atomic E-state index is 10.8. The molecule has 4 nitrogen and oxygen atoms in total.